The molecule has 0 N–H and O–H groups in total. The van der Waals surface area contributed by atoms with Crippen LogP contribution in [0.4, 0.5) is 0 Å². The SMILES string of the molecule is CC1CCCCC1c1cc(-c2ccccc2)c2ccc3c(-c4ccccc4)cc(C4CCCCC4C)nc3c2n1. The first-order valence-corrected chi connectivity index (χ1v) is 15.6. The van der Waals surface area contributed by atoms with Crippen molar-refractivity contribution in [3.8, 4) is 22.3 Å². The number of nitrogens with zero attached hydrogens (tertiary/aromatic N) is 2. The summed E-state index contributed by atoms with van der Waals surface area (Å²) in [6, 6.07) is 31.2. The van der Waals surface area contributed by atoms with Gasteiger partial charge in [-0.1, -0.05) is 125 Å². The maximum Gasteiger partial charge on any atom is 0.0974 e. The lowest BCUT2D eigenvalue weighted by Gasteiger charge is -2.30. The number of pyridine rings is 2. The van der Waals surface area contributed by atoms with Crippen LogP contribution in [0, 0.1) is 11.8 Å². The lowest BCUT2D eigenvalue weighted by atomic mass is 9.77. The van der Waals surface area contributed by atoms with Gasteiger partial charge in [-0.3, -0.25) is 9.97 Å². The van der Waals surface area contributed by atoms with Crippen LogP contribution in [-0.4, -0.2) is 9.97 Å². The third-order valence-corrected chi connectivity index (χ3v) is 9.95. The summed E-state index contributed by atoms with van der Waals surface area (Å²) >= 11 is 0. The minimum Gasteiger partial charge on any atom is -0.250 e. The molecule has 2 heterocycles. The molecule has 0 spiro atoms. The predicted octanol–water partition coefficient (Wildman–Crippen LogP) is 10.7. The fourth-order valence-corrected chi connectivity index (χ4v) is 7.62. The molecular formula is C38H40N2. The minimum atomic E-state index is 0.506. The van der Waals surface area contributed by atoms with E-state index in [9.17, 15) is 0 Å². The second-order valence-electron chi connectivity index (χ2n) is 12.5. The van der Waals surface area contributed by atoms with Gasteiger partial charge in [0.2, 0.25) is 0 Å². The van der Waals surface area contributed by atoms with E-state index in [1.54, 1.807) is 0 Å². The van der Waals surface area contributed by atoms with E-state index in [-0.39, 0.29) is 0 Å². The highest BCUT2D eigenvalue weighted by Crippen LogP contribution is 2.43. The summed E-state index contributed by atoms with van der Waals surface area (Å²) in [7, 11) is 0. The molecule has 0 aliphatic heterocycles. The quantitative estimate of drug-likeness (QED) is 0.219. The fraction of sp³-hybridized carbons (Fsp3) is 0.368. The molecular weight excluding hydrogens is 484 g/mol. The summed E-state index contributed by atoms with van der Waals surface area (Å²) in [6.45, 7) is 4.85. The van der Waals surface area contributed by atoms with E-state index in [0.29, 0.717) is 23.7 Å². The summed E-state index contributed by atoms with van der Waals surface area (Å²) in [5, 5.41) is 2.43. The van der Waals surface area contributed by atoms with Crippen molar-refractivity contribution in [1.29, 1.82) is 0 Å². The summed E-state index contributed by atoms with van der Waals surface area (Å²) in [4.78, 5) is 11.1. The molecule has 0 saturated heterocycles. The first-order valence-electron chi connectivity index (χ1n) is 15.6. The predicted molar refractivity (Wildman–Crippen MR) is 169 cm³/mol. The third kappa shape index (κ3) is 4.62. The second-order valence-corrected chi connectivity index (χ2v) is 12.5. The van der Waals surface area contributed by atoms with E-state index in [4.69, 9.17) is 9.97 Å². The van der Waals surface area contributed by atoms with Gasteiger partial charge in [-0.2, -0.15) is 0 Å². The van der Waals surface area contributed by atoms with E-state index < -0.39 is 0 Å². The standard InChI is InChI=1S/C38H40N2/c1-25-13-9-11-19-29(25)35-23-33(27-15-5-3-6-16-27)31-21-22-32-34(28-17-7-4-8-18-28)24-36(40-38(32)37(31)39-35)30-20-12-10-14-26(30)2/h3-8,15-18,21-26,29-30H,9-14,19-20H2,1-2H3. The van der Waals surface area contributed by atoms with Crippen LogP contribution in [0.1, 0.15) is 88.4 Å². The Balaban J connectivity index is 1.54. The van der Waals surface area contributed by atoms with Gasteiger partial charge < -0.3 is 0 Å². The number of aromatic nitrogens is 2. The van der Waals surface area contributed by atoms with Gasteiger partial charge in [0, 0.05) is 34.0 Å². The van der Waals surface area contributed by atoms with E-state index in [0.717, 1.165) is 11.0 Å². The molecule has 202 valence electrons. The summed E-state index contributed by atoms with van der Waals surface area (Å²) in [5.41, 5.74) is 9.78. The molecule has 3 aromatic carbocycles. The van der Waals surface area contributed by atoms with Crippen LogP contribution in [0.3, 0.4) is 0 Å². The number of benzene rings is 3. The van der Waals surface area contributed by atoms with Crippen LogP contribution in [-0.2, 0) is 0 Å². The van der Waals surface area contributed by atoms with Crippen molar-refractivity contribution in [2.45, 2.75) is 77.0 Å². The van der Waals surface area contributed by atoms with Crippen molar-refractivity contribution >= 4 is 21.8 Å². The largest absolute Gasteiger partial charge is 0.250 e. The molecule has 2 heteroatoms. The second kappa shape index (κ2) is 10.8. The fourth-order valence-electron chi connectivity index (χ4n) is 7.62. The molecule has 0 bridgehead atoms. The lowest BCUT2D eigenvalue weighted by Crippen LogP contribution is -2.17. The van der Waals surface area contributed by atoms with Gasteiger partial charge in [0.1, 0.15) is 0 Å². The Kier molecular flexibility index (Phi) is 6.87. The van der Waals surface area contributed by atoms with Crippen LogP contribution in [0.15, 0.2) is 84.9 Å². The molecule has 2 nitrogen and oxygen atoms in total. The highest BCUT2D eigenvalue weighted by molar-refractivity contribution is 6.12. The van der Waals surface area contributed by atoms with Crippen LogP contribution < -0.4 is 0 Å². The van der Waals surface area contributed by atoms with Gasteiger partial charge in [-0.15, -0.1) is 0 Å². The molecule has 2 aliphatic carbocycles. The van der Waals surface area contributed by atoms with Crippen LogP contribution >= 0.6 is 0 Å². The van der Waals surface area contributed by atoms with E-state index >= 15 is 0 Å². The Hall–Kier alpha value is -3.52. The topological polar surface area (TPSA) is 25.8 Å². The Morgan fingerprint density at radius 1 is 0.500 bits per heavy atom. The molecule has 0 radical (unpaired) electrons. The molecule has 40 heavy (non-hydrogen) atoms. The minimum absolute atomic E-state index is 0.506. The average Bonchev–Trinajstić information content (AvgIpc) is 3.01. The zero-order valence-corrected chi connectivity index (χ0v) is 23.9. The highest BCUT2D eigenvalue weighted by Gasteiger charge is 2.28. The molecule has 2 aromatic heterocycles. The smallest absolute Gasteiger partial charge is 0.0974 e. The van der Waals surface area contributed by atoms with Crippen molar-refractivity contribution in [3.63, 3.8) is 0 Å². The monoisotopic (exact) mass is 524 g/mol. The van der Waals surface area contributed by atoms with Gasteiger partial charge in [0.05, 0.1) is 11.0 Å². The van der Waals surface area contributed by atoms with Crippen LogP contribution in [0.2, 0.25) is 0 Å². The third-order valence-electron chi connectivity index (χ3n) is 9.95. The molecule has 5 aromatic rings. The Bertz CT molecular complexity index is 1510. The zero-order valence-electron chi connectivity index (χ0n) is 23.9. The van der Waals surface area contributed by atoms with Crippen molar-refractivity contribution < 1.29 is 0 Å². The van der Waals surface area contributed by atoms with Crippen molar-refractivity contribution in [3.05, 3.63) is 96.3 Å². The van der Waals surface area contributed by atoms with Gasteiger partial charge in [-0.05, 0) is 59.1 Å². The Morgan fingerprint density at radius 2 is 0.900 bits per heavy atom. The van der Waals surface area contributed by atoms with Gasteiger partial charge in [-0.25, -0.2) is 0 Å². The number of hydrogen-bond donors (Lipinski definition) is 0. The Labute approximate surface area is 238 Å². The molecule has 0 amide bonds. The van der Waals surface area contributed by atoms with Gasteiger partial charge >= 0.3 is 0 Å². The van der Waals surface area contributed by atoms with E-state index in [1.807, 2.05) is 0 Å². The number of fused-ring (bicyclic) bond motifs is 3. The molecule has 2 aliphatic rings. The van der Waals surface area contributed by atoms with Gasteiger partial charge in [0.15, 0.2) is 0 Å². The van der Waals surface area contributed by atoms with Crippen molar-refractivity contribution in [2.24, 2.45) is 11.8 Å². The summed E-state index contributed by atoms with van der Waals surface area (Å²) in [5.74, 6) is 2.32. The molecule has 2 fully saturated rings. The first-order chi connectivity index (χ1) is 19.7. The number of hydrogen-bond acceptors (Lipinski definition) is 2. The maximum absolute atomic E-state index is 5.54. The lowest BCUT2D eigenvalue weighted by molar-refractivity contribution is 0.326. The normalized spacial score (nSPS) is 23.4. The first kappa shape index (κ1) is 25.4. The average molecular weight is 525 g/mol. The maximum atomic E-state index is 5.54. The summed E-state index contributed by atoms with van der Waals surface area (Å²) < 4.78 is 0. The molecule has 4 atom stereocenters. The van der Waals surface area contributed by atoms with Crippen LogP contribution in [0.5, 0.6) is 0 Å². The van der Waals surface area contributed by atoms with Gasteiger partial charge in [0.25, 0.3) is 0 Å². The number of rotatable bonds is 4. The highest BCUT2D eigenvalue weighted by atomic mass is 14.8. The summed E-state index contributed by atoms with van der Waals surface area (Å²) in [6.07, 6.45) is 10.3. The Morgan fingerprint density at radius 3 is 1.30 bits per heavy atom. The van der Waals surface area contributed by atoms with E-state index in [2.05, 4.69) is 98.8 Å². The van der Waals surface area contributed by atoms with E-state index in [1.165, 1.54) is 95.8 Å². The molecule has 7 rings (SSSR count). The van der Waals surface area contributed by atoms with Crippen molar-refractivity contribution in [1.82, 2.24) is 9.97 Å². The molecule has 4 unspecified atom stereocenters. The van der Waals surface area contributed by atoms with Crippen molar-refractivity contribution in [2.75, 3.05) is 0 Å². The zero-order chi connectivity index (χ0) is 27.1. The van der Waals surface area contributed by atoms with Crippen LogP contribution in [0.25, 0.3) is 44.1 Å². The molecule has 2 saturated carbocycles.